The third kappa shape index (κ3) is 7.03. The van der Waals surface area contributed by atoms with Crippen LogP contribution in [0.4, 0.5) is 5.69 Å². The third-order valence-corrected chi connectivity index (χ3v) is 4.10. The number of rotatable bonds is 9. The van der Waals surface area contributed by atoms with Crippen LogP contribution in [0.5, 0.6) is 0 Å². The van der Waals surface area contributed by atoms with Crippen molar-refractivity contribution in [2.75, 3.05) is 11.9 Å². The van der Waals surface area contributed by atoms with Crippen molar-refractivity contribution in [3.8, 4) is 11.1 Å². The number of anilines is 1. The first-order chi connectivity index (χ1) is 12.7. The molecule has 26 heavy (non-hydrogen) atoms. The van der Waals surface area contributed by atoms with E-state index in [1.807, 2.05) is 54.6 Å². The molecule has 0 saturated heterocycles. The van der Waals surface area contributed by atoms with Crippen LogP contribution in [0, 0.1) is 0 Å². The second-order valence-electron chi connectivity index (χ2n) is 5.81. The lowest BCUT2D eigenvalue weighted by Gasteiger charge is -2.08. The number of hydrogen-bond donors (Lipinski definition) is 2. The van der Waals surface area contributed by atoms with Gasteiger partial charge in [-0.2, -0.15) is 0 Å². The Morgan fingerprint density at radius 1 is 0.923 bits per heavy atom. The van der Waals surface area contributed by atoms with Gasteiger partial charge in [-0.05, 0) is 36.1 Å². The lowest BCUT2D eigenvalue weighted by Crippen LogP contribution is -2.25. The van der Waals surface area contributed by atoms with E-state index in [2.05, 4.69) is 10.6 Å². The molecule has 136 valence electrons. The SMILES string of the molecule is O=S=CC(=O)NCCCCCC(=O)Nc1cccc(-c2ccccc2)c1. The molecule has 2 N–H and O–H groups in total. The van der Waals surface area contributed by atoms with Gasteiger partial charge < -0.3 is 10.6 Å². The van der Waals surface area contributed by atoms with E-state index < -0.39 is 0 Å². The second kappa shape index (κ2) is 11.0. The maximum atomic E-state index is 12.1. The van der Waals surface area contributed by atoms with Gasteiger partial charge in [-0.25, -0.2) is 4.21 Å². The minimum atomic E-state index is -0.360. The molecule has 2 amide bonds. The predicted molar refractivity (Wildman–Crippen MR) is 106 cm³/mol. The number of amides is 2. The van der Waals surface area contributed by atoms with E-state index in [-0.39, 0.29) is 23.1 Å². The van der Waals surface area contributed by atoms with Crippen LogP contribution in [0.3, 0.4) is 0 Å². The van der Waals surface area contributed by atoms with Crippen molar-refractivity contribution in [2.24, 2.45) is 0 Å². The molecule has 0 fully saturated rings. The summed E-state index contributed by atoms with van der Waals surface area (Å²) in [6.07, 6.45) is 2.80. The van der Waals surface area contributed by atoms with E-state index in [9.17, 15) is 13.8 Å². The number of hydrogen-bond acceptors (Lipinski definition) is 3. The van der Waals surface area contributed by atoms with Crippen LogP contribution < -0.4 is 10.6 Å². The topological polar surface area (TPSA) is 75.3 Å². The predicted octanol–water partition coefficient (Wildman–Crippen LogP) is 2.98. The van der Waals surface area contributed by atoms with Crippen molar-refractivity contribution in [2.45, 2.75) is 25.7 Å². The van der Waals surface area contributed by atoms with Crippen molar-refractivity contribution in [3.05, 3.63) is 54.6 Å². The van der Waals surface area contributed by atoms with Crippen molar-refractivity contribution in [3.63, 3.8) is 0 Å². The summed E-state index contributed by atoms with van der Waals surface area (Å²) in [5.41, 5.74) is 2.96. The Balaban J connectivity index is 1.71. The monoisotopic (exact) mass is 370 g/mol. The molecule has 0 atom stereocenters. The fourth-order valence-electron chi connectivity index (χ4n) is 2.51. The smallest absolute Gasteiger partial charge is 0.257 e. The van der Waals surface area contributed by atoms with Gasteiger partial charge in [0.1, 0.15) is 0 Å². The molecular weight excluding hydrogens is 348 g/mol. The van der Waals surface area contributed by atoms with Crippen LogP contribution in [-0.2, 0) is 20.8 Å². The molecule has 0 unspecified atom stereocenters. The molecule has 2 rings (SSSR count). The molecule has 0 bridgehead atoms. The van der Waals surface area contributed by atoms with Gasteiger partial charge in [0.15, 0.2) is 0 Å². The minimum absolute atomic E-state index is 0.0182. The summed E-state index contributed by atoms with van der Waals surface area (Å²) < 4.78 is 10.2. The first kappa shape index (κ1) is 19.6. The number of carbonyl (C=O) groups is 2. The lowest BCUT2D eigenvalue weighted by atomic mass is 10.1. The van der Waals surface area contributed by atoms with Gasteiger partial charge in [-0.15, -0.1) is 0 Å². The lowest BCUT2D eigenvalue weighted by molar-refractivity contribution is -0.116. The maximum Gasteiger partial charge on any atom is 0.257 e. The van der Waals surface area contributed by atoms with Gasteiger partial charge in [0, 0.05) is 18.7 Å². The molecule has 0 aliphatic rings. The fraction of sp³-hybridized carbons (Fsp3) is 0.250. The van der Waals surface area contributed by atoms with E-state index in [1.54, 1.807) is 0 Å². The minimum Gasteiger partial charge on any atom is -0.352 e. The highest BCUT2D eigenvalue weighted by Crippen LogP contribution is 2.22. The van der Waals surface area contributed by atoms with E-state index in [0.717, 1.165) is 41.4 Å². The molecule has 0 saturated carbocycles. The molecule has 0 aliphatic carbocycles. The van der Waals surface area contributed by atoms with Gasteiger partial charge in [-0.3, -0.25) is 9.59 Å². The fourth-order valence-corrected chi connectivity index (χ4v) is 2.69. The number of carbonyl (C=O) groups excluding carboxylic acids is 2. The molecule has 0 heterocycles. The molecule has 0 aliphatic heterocycles. The van der Waals surface area contributed by atoms with Crippen LogP contribution in [0.15, 0.2) is 54.6 Å². The summed E-state index contributed by atoms with van der Waals surface area (Å²) in [7, 11) is 0. The van der Waals surface area contributed by atoms with E-state index in [0.29, 0.717) is 13.0 Å². The average Bonchev–Trinajstić information content (AvgIpc) is 2.66. The summed E-state index contributed by atoms with van der Waals surface area (Å²) in [4.78, 5) is 23.1. The Labute approximate surface area is 156 Å². The highest BCUT2D eigenvalue weighted by atomic mass is 32.1. The molecular formula is C20H22N2O3S. The average molecular weight is 370 g/mol. The van der Waals surface area contributed by atoms with Crippen LogP contribution in [-0.4, -0.2) is 27.9 Å². The quantitative estimate of drug-likeness (QED) is 0.526. The van der Waals surface area contributed by atoms with Crippen LogP contribution >= 0.6 is 0 Å². The van der Waals surface area contributed by atoms with Crippen molar-refractivity contribution >= 4 is 34.1 Å². The number of nitrogens with one attached hydrogen (secondary N) is 2. The number of benzene rings is 2. The van der Waals surface area contributed by atoms with Gasteiger partial charge in [0.2, 0.25) is 5.91 Å². The molecule has 2 aromatic rings. The zero-order chi connectivity index (χ0) is 18.6. The Morgan fingerprint density at radius 3 is 2.46 bits per heavy atom. The van der Waals surface area contributed by atoms with Gasteiger partial charge in [0.25, 0.3) is 5.91 Å². The van der Waals surface area contributed by atoms with E-state index in [4.69, 9.17) is 0 Å². The third-order valence-electron chi connectivity index (χ3n) is 3.79. The van der Waals surface area contributed by atoms with E-state index in [1.165, 1.54) is 0 Å². The maximum absolute atomic E-state index is 12.1. The largest absolute Gasteiger partial charge is 0.352 e. The van der Waals surface area contributed by atoms with Crippen molar-refractivity contribution in [1.82, 2.24) is 5.32 Å². The summed E-state index contributed by atoms with van der Waals surface area (Å²) >= 11 is 0.142. The summed E-state index contributed by atoms with van der Waals surface area (Å²) in [6.45, 7) is 0.511. The molecule has 0 radical (unpaired) electrons. The second-order valence-corrected chi connectivity index (χ2v) is 6.24. The highest BCUT2D eigenvalue weighted by Gasteiger charge is 2.04. The van der Waals surface area contributed by atoms with E-state index >= 15 is 0 Å². The normalized spacial score (nSPS) is 10.0. The standard InChI is InChI=1S/C20H22N2O3S/c23-19(12-5-2-6-13-21-20(24)15-26-25)22-18-11-7-10-17(14-18)16-8-3-1-4-9-16/h1,3-4,7-11,14-15H,2,5-6,12-13H2,(H,21,24)(H,22,23). The van der Waals surface area contributed by atoms with Crippen molar-refractivity contribution < 1.29 is 13.8 Å². The van der Waals surface area contributed by atoms with Crippen LogP contribution in [0.25, 0.3) is 11.1 Å². The Kier molecular flexibility index (Phi) is 8.29. The Hall–Kier alpha value is -2.73. The summed E-state index contributed by atoms with van der Waals surface area (Å²) in [5, 5.41) is 6.54. The Morgan fingerprint density at radius 2 is 1.69 bits per heavy atom. The van der Waals surface area contributed by atoms with Crippen molar-refractivity contribution in [1.29, 1.82) is 0 Å². The van der Waals surface area contributed by atoms with Gasteiger partial charge in [0.05, 0.1) is 16.6 Å². The van der Waals surface area contributed by atoms with Gasteiger partial charge in [-0.1, -0.05) is 48.9 Å². The zero-order valence-electron chi connectivity index (χ0n) is 14.4. The zero-order valence-corrected chi connectivity index (χ0v) is 15.3. The highest BCUT2D eigenvalue weighted by molar-refractivity contribution is 7.66. The molecule has 0 spiro atoms. The summed E-state index contributed by atoms with van der Waals surface area (Å²) in [6, 6.07) is 17.8. The first-order valence-corrected chi connectivity index (χ1v) is 9.34. The first-order valence-electron chi connectivity index (χ1n) is 8.54. The number of unbranched alkanes of at least 4 members (excludes halogenated alkanes) is 2. The molecule has 5 nitrogen and oxygen atoms in total. The van der Waals surface area contributed by atoms with Crippen LogP contribution in [0.2, 0.25) is 0 Å². The van der Waals surface area contributed by atoms with Crippen LogP contribution in [0.1, 0.15) is 25.7 Å². The molecule has 2 aromatic carbocycles. The molecule has 6 heteroatoms. The molecule has 0 aromatic heterocycles. The van der Waals surface area contributed by atoms with Gasteiger partial charge >= 0.3 is 0 Å². The summed E-state index contributed by atoms with van der Waals surface area (Å²) in [5.74, 6) is -0.378. The Bertz CT molecular complexity index is 787.